The van der Waals surface area contributed by atoms with Crippen LogP contribution >= 0.6 is 0 Å². The molecule has 0 unspecified atom stereocenters. The molecule has 1 aliphatic carbocycles. The summed E-state index contributed by atoms with van der Waals surface area (Å²) >= 11 is 0. The van der Waals surface area contributed by atoms with Gasteiger partial charge in [-0.05, 0) is 44.0 Å². The summed E-state index contributed by atoms with van der Waals surface area (Å²) < 4.78 is 27.2. The monoisotopic (exact) mass is 297 g/mol. The molecule has 1 aromatic rings. The van der Waals surface area contributed by atoms with E-state index in [1.54, 1.807) is 25.1 Å². The van der Waals surface area contributed by atoms with Crippen molar-refractivity contribution in [2.45, 2.75) is 37.6 Å². The highest BCUT2D eigenvalue weighted by atomic mass is 32.2. The van der Waals surface area contributed by atoms with Crippen molar-refractivity contribution < 1.29 is 8.42 Å². The van der Waals surface area contributed by atoms with Crippen molar-refractivity contribution in [3.8, 4) is 0 Å². The van der Waals surface area contributed by atoms with E-state index in [9.17, 15) is 8.42 Å². The minimum atomic E-state index is -3.48. The van der Waals surface area contributed by atoms with Crippen LogP contribution in [0.5, 0.6) is 0 Å². The van der Waals surface area contributed by atoms with Crippen molar-refractivity contribution >= 4 is 15.7 Å². The standard InChI is InChI=1S/C14H23N3O2S/c1-3-17(12-7-8-12)10-9-16-20(18,19)14-6-4-5-13(15)11(14)2/h4-6,12,16H,3,7-10,15H2,1-2H3. The molecule has 1 aromatic carbocycles. The molecule has 0 aromatic heterocycles. The Kier molecular flexibility index (Phi) is 4.67. The number of nitrogens with two attached hydrogens (primary N) is 1. The molecule has 5 nitrogen and oxygen atoms in total. The molecule has 1 saturated carbocycles. The highest BCUT2D eigenvalue weighted by Crippen LogP contribution is 2.26. The molecule has 6 heteroatoms. The Morgan fingerprint density at radius 2 is 2.10 bits per heavy atom. The third kappa shape index (κ3) is 3.50. The van der Waals surface area contributed by atoms with Crippen molar-refractivity contribution in [2.24, 2.45) is 0 Å². The number of nitrogen functional groups attached to an aromatic ring is 1. The van der Waals surface area contributed by atoms with Gasteiger partial charge in [-0.15, -0.1) is 0 Å². The zero-order valence-corrected chi connectivity index (χ0v) is 12.9. The van der Waals surface area contributed by atoms with Crippen molar-refractivity contribution in [3.05, 3.63) is 23.8 Å². The second-order valence-corrected chi connectivity index (χ2v) is 6.96. The van der Waals surface area contributed by atoms with Gasteiger partial charge in [0.1, 0.15) is 0 Å². The van der Waals surface area contributed by atoms with Gasteiger partial charge in [0.15, 0.2) is 0 Å². The quantitative estimate of drug-likeness (QED) is 0.745. The van der Waals surface area contributed by atoms with Gasteiger partial charge in [0.2, 0.25) is 10.0 Å². The largest absolute Gasteiger partial charge is 0.398 e. The predicted octanol–water partition coefficient (Wildman–Crippen LogP) is 1.34. The SMILES string of the molecule is CCN(CCNS(=O)(=O)c1cccc(N)c1C)C1CC1. The Labute approximate surface area is 121 Å². The number of rotatable bonds is 7. The van der Waals surface area contributed by atoms with Gasteiger partial charge in [-0.25, -0.2) is 13.1 Å². The Hall–Kier alpha value is -1.11. The molecule has 112 valence electrons. The second-order valence-electron chi connectivity index (χ2n) is 5.23. The third-order valence-electron chi connectivity index (χ3n) is 3.78. The van der Waals surface area contributed by atoms with Crippen LogP contribution in [0.25, 0.3) is 0 Å². The average molecular weight is 297 g/mol. The molecule has 3 N–H and O–H groups in total. The zero-order valence-electron chi connectivity index (χ0n) is 12.1. The molecule has 2 rings (SSSR count). The van der Waals surface area contributed by atoms with Crippen LogP contribution in [0.3, 0.4) is 0 Å². The fourth-order valence-electron chi connectivity index (χ4n) is 2.36. The van der Waals surface area contributed by atoms with Crippen LogP contribution in [0.2, 0.25) is 0 Å². The first-order valence-corrected chi connectivity index (χ1v) is 8.53. The van der Waals surface area contributed by atoms with Crippen molar-refractivity contribution in [1.82, 2.24) is 9.62 Å². The van der Waals surface area contributed by atoms with Gasteiger partial charge in [-0.1, -0.05) is 13.0 Å². The normalized spacial score (nSPS) is 15.8. The van der Waals surface area contributed by atoms with Crippen molar-refractivity contribution in [2.75, 3.05) is 25.4 Å². The van der Waals surface area contributed by atoms with Crippen LogP contribution in [0, 0.1) is 6.92 Å². The highest BCUT2D eigenvalue weighted by molar-refractivity contribution is 7.89. The second kappa shape index (κ2) is 6.11. The van der Waals surface area contributed by atoms with E-state index >= 15 is 0 Å². The fourth-order valence-corrected chi connectivity index (χ4v) is 3.66. The maximum absolute atomic E-state index is 12.3. The predicted molar refractivity (Wildman–Crippen MR) is 81.0 cm³/mol. The maximum Gasteiger partial charge on any atom is 0.240 e. The number of sulfonamides is 1. The summed E-state index contributed by atoms with van der Waals surface area (Å²) in [5.74, 6) is 0. The first-order valence-electron chi connectivity index (χ1n) is 7.04. The molecular weight excluding hydrogens is 274 g/mol. The van der Waals surface area contributed by atoms with Crippen molar-refractivity contribution in [1.29, 1.82) is 0 Å². The molecule has 0 heterocycles. The highest BCUT2D eigenvalue weighted by Gasteiger charge is 2.27. The van der Waals surface area contributed by atoms with E-state index in [4.69, 9.17) is 5.73 Å². The van der Waals surface area contributed by atoms with Gasteiger partial charge in [0.05, 0.1) is 4.90 Å². The lowest BCUT2D eigenvalue weighted by Crippen LogP contribution is -2.36. The average Bonchev–Trinajstić information content (AvgIpc) is 3.22. The Morgan fingerprint density at radius 3 is 2.70 bits per heavy atom. The molecule has 0 bridgehead atoms. The van der Waals surface area contributed by atoms with Crippen molar-refractivity contribution in [3.63, 3.8) is 0 Å². The molecule has 0 spiro atoms. The minimum absolute atomic E-state index is 0.270. The third-order valence-corrected chi connectivity index (χ3v) is 5.38. The molecule has 1 fully saturated rings. The number of likely N-dealkylation sites (N-methyl/N-ethyl adjacent to an activating group) is 1. The molecule has 0 atom stereocenters. The van der Waals surface area contributed by atoms with Crippen LogP contribution < -0.4 is 10.5 Å². The zero-order chi connectivity index (χ0) is 14.8. The molecule has 1 aliphatic rings. The molecular formula is C14H23N3O2S. The first kappa shape index (κ1) is 15.3. The Balaban J connectivity index is 1.98. The van der Waals surface area contributed by atoms with Gasteiger partial charge >= 0.3 is 0 Å². The molecule has 0 radical (unpaired) electrons. The number of hydrogen-bond donors (Lipinski definition) is 2. The first-order chi connectivity index (χ1) is 9.45. The molecule has 0 amide bonds. The van der Waals surface area contributed by atoms with E-state index in [1.807, 2.05) is 0 Å². The number of nitrogens with zero attached hydrogens (tertiary/aromatic N) is 1. The van der Waals surface area contributed by atoms with E-state index in [0.29, 0.717) is 23.8 Å². The summed E-state index contributed by atoms with van der Waals surface area (Å²) in [6.45, 7) is 5.98. The fraction of sp³-hybridized carbons (Fsp3) is 0.571. The smallest absolute Gasteiger partial charge is 0.240 e. The van der Waals surface area contributed by atoms with Crippen LogP contribution in [0.15, 0.2) is 23.1 Å². The summed E-state index contributed by atoms with van der Waals surface area (Å²) in [7, 11) is -3.48. The lowest BCUT2D eigenvalue weighted by Gasteiger charge is -2.20. The van der Waals surface area contributed by atoms with Gasteiger partial charge in [-0.3, -0.25) is 4.90 Å². The lowest BCUT2D eigenvalue weighted by atomic mass is 10.2. The van der Waals surface area contributed by atoms with E-state index in [1.165, 1.54) is 12.8 Å². The number of nitrogens with one attached hydrogen (secondary N) is 1. The number of anilines is 1. The van der Waals surface area contributed by atoms with Crippen LogP contribution in [-0.4, -0.2) is 39.0 Å². The molecule has 0 aliphatic heterocycles. The van der Waals surface area contributed by atoms with Gasteiger partial charge in [0.25, 0.3) is 0 Å². The molecule has 0 saturated heterocycles. The number of hydrogen-bond acceptors (Lipinski definition) is 4. The van der Waals surface area contributed by atoms with Gasteiger partial charge < -0.3 is 5.73 Å². The van der Waals surface area contributed by atoms with E-state index in [-0.39, 0.29) is 4.90 Å². The Morgan fingerprint density at radius 1 is 1.40 bits per heavy atom. The van der Waals surface area contributed by atoms with Crippen LogP contribution in [0.1, 0.15) is 25.3 Å². The maximum atomic E-state index is 12.3. The number of benzene rings is 1. The summed E-state index contributed by atoms with van der Waals surface area (Å²) in [5.41, 5.74) is 6.87. The van der Waals surface area contributed by atoms with Gasteiger partial charge in [0, 0.05) is 24.8 Å². The summed E-state index contributed by atoms with van der Waals surface area (Å²) in [4.78, 5) is 2.58. The molecule has 20 heavy (non-hydrogen) atoms. The lowest BCUT2D eigenvalue weighted by molar-refractivity contribution is 0.282. The summed E-state index contributed by atoms with van der Waals surface area (Å²) in [6.07, 6.45) is 2.46. The van der Waals surface area contributed by atoms with Crippen LogP contribution in [0.4, 0.5) is 5.69 Å². The summed E-state index contributed by atoms with van der Waals surface area (Å²) in [5, 5.41) is 0. The Bertz CT molecular complexity index is 568. The summed E-state index contributed by atoms with van der Waals surface area (Å²) in [6, 6.07) is 5.62. The topological polar surface area (TPSA) is 75.4 Å². The van der Waals surface area contributed by atoms with E-state index in [2.05, 4.69) is 16.5 Å². The van der Waals surface area contributed by atoms with Gasteiger partial charge in [-0.2, -0.15) is 0 Å². The minimum Gasteiger partial charge on any atom is -0.398 e. The van der Waals surface area contributed by atoms with E-state index in [0.717, 1.165) is 13.1 Å². The van der Waals surface area contributed by atoms with Crippen LogP contribution in [-0.2, 0) is 10.0 Å². The van der Waals surface area contributed by atoms with E-state index < -0.39 is 10.0 Å².